The second kappa shape index (κ2) is 8.04. The molecule has 0 aromatic heterocycles. The molecule has 134 valence electrons. The van der Waals surface area contributed by atoms with Gasteiger partial charge in [0.1, 0.15) is 12.7 Å². The Morgan fingerprint density at radius 3 is 2.04 bits per heavy atom. The molecule has 0 aliphatic rings. The number of carbonyl (C=O) groups is 2. The van der Waals surface area contributed by atoms with Gasteiger partial charge in [0, 0.05) is 6.54 Å². The van der Waals surface area contributed by atoms with Gasteiger partial charge in [-0.1, -0.05) is 41.5 Å². The fourth-order valence-electron chi connectivity index (χ4n) is 2.39. The van der Waals surface area contributed by atoms with Crippen LogP contribution in [0.15, 0.2) is 0 Å². The van der Waals surface area contributed by atoms with Gasteiger partial charge in [-0.2, -0.15) is 0 Å². The second-order valence-corrected chi connectivity index (χ2v) is 8.53. The van der Waals surface area contributed by atoms with Crippen molar-refractivity contribution in [2.45, 2.75) is 61.0 Å². The summed E-state index contributed by atoms with van der Waals surface area (Å²) in [6.07, 6.45) is -0.260. The summed E-state index contributed by atoms with van der Waals surface area (Å²) in [5.74, 6) is -0.320. The van der Waals surface area contributed by atoms with Crippen LogP contribution in [0.5, 0.6) is 0 Å². The summed E-state index contributed by atoms with van der Waals surface area (Å²) in [4.78, 5) is 23.7. The summed E-state index contributed by atoms with van der Waals surface area (Å²) in [5.41, 5.74) is -0.970. The molecule has 0 aliphatic heterocycles. The average Bonchev–Trinajstić information content (AvgIpc) is 2.38. The zero-order valence-electron chi connectivity index (χ0n) is 15.9. The quantitative estimate of drug-likeness (QED) is 0.505. The molecule has 6 nitrogen and oxygen atoms in total. The van der Waals surface area contributed by atoms with Gasteiger partial charge in [0.2, 0.25) is 7.98 Å². The lowest BCUT2D eigenvalue weighted by atomic mass is 9.61. The second-order valence-electron chi connectivity index (χ2n) is 8.53. The minimum absolute atomic E-state index is 0.0262. The molecule has 0 aliphatic carbocycles. The highest BCUT2D eigenvalue weighted by atomic mass is 16.5. The molecule has 0 saturated heterocycles. The zero-order chi connectivity index (χ0) is 18.5. The SMILES string of the molecule is BNC(=O)NCC(O)COC(=O)C(C)(CC(C)(C)C)C(C)(C)C. The molecule has 2 unspecified atom stereocenters. The van der Waals surface area contributed by atoms with Crippen LogP contribution in [0.1, 0.15) is 54.9 Å². The van der Waals surface area contributed by atoms with E-state index in [9.17, 15) is 14.7 Å². The lowest BCUT2D eigenvalue weighted by Gasteiger charge is -2.43. The van der Waals surface area contributed by atoms with Crippen LogP contribution in [0.25, 0.3) is 0 Å². The number of urea groups is 1. The Hall–Kier alpha value is -1.24. The van der Waals surface area contributed by atoms with Gasteiger partial charge in [0.25, 0.3) is 0 Å². The first kappa shape index (κ1) is 21.8. The van der Waals surface area contributed by atoms with Gasteiger partial charge in [-0.3, -0.25) is 9.59 Å². The van der Waals surface area contributed by atoms with Crippen LogP contribution in [-0.2, 0) is 9.53 Å². The Kier molecular flexibility index (Phi) is 7.61. The lowest BCUT2D eigenvalue weighted by Crippen LogP contribution is -2.46. The Morgan fingerprint density at radius 1 is 1.13 bits per heavy atom. The van der Waals surface area contributed by atoms with Crippen molar-refractivity contribution in [2.75, 3.05) is 13.2 Å². The number of rotatable bonds is 6. The Morgan fingerprint density at radius 2 is 1.65 bits per heavy atom. The molecule has 2 atom stereocenters. The predicted octanol–water partition coefficient (Wildman–Crippen LogP) is 1.23. The summed E-state index contributed by atoms with van der Waals surface area (Å²) < 4.78 is 5.35. The number of hydrogen-bond acceptors (Lipinski definition) is 4. The van der Waals surface area contributed by atoms with Gasteiger partial charge in [0.15, 0.2) is 0 Å². The van der Waals surface area contributed by atoms with E-state index in [1.807, 2.05) is 27.7 Å². The van der Waals surface area contributed by atoms with Gasteiger partial charge in [-0.15, -0.1) is 0 Å². The van der Waals surface area contributed by atoms with Crippen LogP contribution < -0.4 is 10.5 Å². The molecule has 0 aromatic carbocycles. The zero-order valence-corrected chi connectivity index (χ0v) is 15.9. The van der Waals surface area contributed by atoms with Gasteiger partial charge in [0.05, 0.1) is 5.41 Å². The van der Waals surface area contributed by atoms with Crippen LogP contribution in [0.3, 0.4) is 0 Å². The highest BCUT2D eigenvalue weighted by molar-refractivity contribution is 6.13. The molecular formula is C16H33BN2O4. The Balaban J connectivity index is 4.78. The van der Waals surface area contributed by atoms with E-state index in [0.29, 0.717) is 6.42 Å². The molecule has 0 bridgehead atoms. The number of amides is 2. The third-order valence-electron chi connectivity index (χ3n) is 4.12. The molecule has 0 spiro atoms. The first-order chi connectivity index (χ1) is 10.2. The summed E-state index contributed by atoms with van der Waals surface area (Å²) in [6, 6.07) is -0.386. The van der Waals surface area contributed by atoms with Crippen molar-refractivity contribution in [1.29, 1.82) is 0 Å². The molecule has 0 aromatic rings. The normalized spacial score (nSPS) is 16.2. The smallest absolute Gasteiger partial charge is 0.312 e. The summed E-state index contributed by atoms with van der Waals surface area (Å²) in [5, 5.41) is 14.7. The lowest BCUT2D eigenvalue weighted by molar-refractivity contribution is -0.167. The van der Waals surface area contributed by atoms with Crippen molar-refractivity contribution in [3.63, 3.8) is 0 Å². The van der Waals surface area contributed by atoms with Crippen molar-refractivity contribution < 1.29 is 19.4 Å². The van der Waals surface area contributed by atoms with Gasteiger partial charge < -0.3 is 20.4 Å². The maximum Gasteiger partial charge on any atom is 0.312 e. The fourth-order valence-corrected chi connectivity index (χ4v) is 2.39. The molecule has 0 fully saturated rings. The largest absolute Gasteiger partial charge is 0.462 e. The topological polar surface area (TPSA) is 87.7 Å². The van der Waals surface area contributed by atoms with E-state index < -0.39 is 11.5 Å². The Bertz CT molecular complexity index is 415. The summed E-state index contributed by atoms with van der Waals surface area (Å²) in [6.45, 7) is 14.1. The van der Waals surface area contributed by atoms with Crippen molar-refractivity contribution in [3.05, 3.63) is 0 Å². The third-order valence-corrected chi connectivity index (χ3v) is 4.12. The first-order valence-corrected chi connectivity index (χ1v) is 8.04. The third kappa shape index (κ3) is 7.25. The number of nitrogens with one attached hydrogen (secondary N) is 2. The van der Waals surface area contributed by atoms with Crippen LogP contribution in [-0.4, -0.2) is 44.3 Å². The maximum absolute atomic E-state index is 12.7. The van der Waals surface area contributed by atoms with Crippen LogP contribution in [0, 0.1) is 16.2 Å². The van der Waals surface area contributed by atoms with E-state index in [1.165, 1.54) is 7.98 Å². The predicted molar refractivity (Wildman–Crippen MR) is 93.7 cm³/mol. The first-order valence-electron chi connectivity index (χ1n) is 8.04. The van der Waals surface area contributed by atoms with Crippen LogP contribution >= 0.6 is 0 Å². The number of ether oxygens (including phenoxy) is 1. The standard InChI is InChI=1S/C16H33BN2O4/c1-14(2,3)10-16(7,15(4,5)6)12(21)23-9-11(20)8-18-13(22)19-17/h11,20H,8-10,17H2,1-7H3,(H2,18,19,22). The van der Waals surface area contributed by atoms with E-state index >= 15 is 0 Å². The van der Waals surface area contributed by atoms with Gasteiger partial charge in [-0.05, 0) is 24.2 Å². The highest BCUT2D eigenvalue weighted by Gasteiger charge is 2.47. The molecule has 2 amide bonds. The van der Waals surface area contributed by atoms with Crippen LogP contribution in [0.4, 0.5) is 4.79 Å². The minimum Gasteiger partial charge on any atom is -0.462 e. The summed E-state index contributed by atoms with van der Waals surface area (Å²) in [7, 11) is 1.49. The monoisotopic (exact) mass is 328 g/mol. The Labute approximate surface area is 141 Å². The number of carbonyl (C=O) groups excluding carboxylic acids is 2. The molecule has 0 radical (unpaired) electrons. The van der Waals surface area contributed by atoms with Crippen molar-refractivity contribution >= 4 is 20.0 Å². The van der Waals surface area contributed by atoms with Crippen molar-refractivity contribution in [3.8, 4) is 0 Å². The molecule has 3 N–H and O–H groups in total. The van der Waals surface area contributed by atoms with E-state index in [0.717, 1.165) is 0 Å². The molecule has 23 heavy (non-hydrogen) atoms. The van der Waals surface area contributed by atoms with Gasteiger partial charge >= 0.3 is 12.0 Å². The molecule has 7 heteroatoms. The number of hydrogen-bond donors (Lipinski definition) is 3. The molecule has 0 rings (SSSR count). The number of aliphatic hydroxyl groups excluding tert-OH is 1. The number of esters is 1. The maximum atomic E-state index is 12.7. The van der Waals surface area contributed by atoms with E-state index in [2.05, 4.69) is 31.3 Å². The van der Waals surface area contributed by atoms with Gasteiger partial charge in [-0.25, -0.2) is 0 Å². The minimum atomic E-state index is -0.935. The number of aliphatic hydroxyl groups is 1. The van der Waals surface area contributed by atoms with E-state index in [4.69, 9.17) is 4.74 Å². The van der Waals surface area contributed by atoms with E-state index in [-0.39, 0.29) is 36.0 Å². The average molecular weight is 328 g/mol. The summed E-state index contributed by atoms with van der Waals surface area (Å²) >= 11 is 0. The van der Waals surface area contributed by atoms with E-state index in [1.54, 1.807) is 0 Å². The fraction of sp³-hybridized carbons (Fsp3) is 0.875. The molecular weight excluding hydrogens is 295 g/mol. The van der Waals surface area contributed by atoms with Crippen molar-refractivity contribution in [2.24, 2.45) is 16.2 Å². The molecule has 0 heterocycles. The van der Waals surface area contributed by atoms with Crippen LogP contribution in [0.2, 0.25) is 0 Å². The highest BCUT2D eigenvalue weighted by Crippen LogP contribution is 2.47. The molecule has 0 saturated carbocycles. The van der Waals surface area contributed by atoms with Crippen molar-refractivity contribution in [1.82, 2.24) is 10.5 Å².